The van der Waals surface area contributed by atoms with E-state index in [1.165, 1.54) is 0 Å². The molecular weight excluding hydrogens is 294 g/mol. The summed E-state index contributed by atoms with van der Waals surface area (Å²) in [5, 5.41) is 0. The zero-order valence-electron chi connectivity index (χ0n) is 13.4. The topological polar surface area (TPSA) is 105 Å². The first-order chi connectivity index (χ1) is 11.0. The Balaban J connectivity index is 1.98. The molecule has 1 amide bonds. The van der Waals surface area contributed by atoms with Gasteiger partial charge in [-0.15, -0.1) is 0 Å². The summed E-state index contributed by atoms with van der Waals surface area (Å²) in [5.41, 5.74) is 7.52. The maximum absolute atomic E-state index is 11.9. The number of hydrogen-bond donors (Lipinski definition) is 2. The Labute approximate surface area is 134 Å². The smallest absolute Gasteiger partial charge is 0.255 e. The van der Waals surface area contributed by atoms with Crippen LogP contribution in [-0.4, -0.2) is 32.3 Å². The molecule has 2 rings (SSSR count). The average Bonchev–Trinajstić information content (AvgIpc) is 2.49. The molecule has 0 fully saturated rings. The molecule has 0 saturated heterocycles. The number of anilines is 1. The quantitative estimate of drug-likeness (QED) is 0.828. The minimum atomic E-state index is -0.211. The van der Waals surface area contributed by atoms with Crippen molar-refractivity contribution in [3.8, 4) is 0 Å². The molecule has 0 unspecified atom stereocenters. The number of nitrogens with two attached hydrogens (primary N) is 1. The number of nitrogen functional groups attached to an aromatic ring is 1. The Bertz CT molecular complexity index is 727. The van der Waals surface area contributed by atoms with E-state index in [1.807, 2.05) is 12.1 Å². The van der Waals surface area contributed by atoms with E-state index in [0.29, 0.717) is 37.2 Å². The van der Waals surface area contributed by atoms with Crippen molar-refractivity contribution in [2.24, 2.45) is 0 Å². The highest BCUT2D eigenvalue weighted by atomic mass is 16.2. The van der Waals surface area contributed by atoms with Gasteiger partial charge in [0, 0.05) is 43.7 Å². The average molecular weight is 315 g/mol. The number of aryl methyl sites for hydroxylation is 1. The number of nitrogens with zero attached hydrogens (tertiary/aromatic N) is 3. The number of aromatic nitrogens is 3. The van der Waals surface area contributed by atoms with E-state index < -0.39 is 0 Å². The van der Waals surface area contributed by atoms with Gasteiger partial charge in [-0.2, -0.15) is 0 Å². The molecule has 23 heavy (non-hydrogen) atoms. The first kappa shape index (κ1) is 16.7. The molecule has 7 heteroatoms. The summed E-state index contributed by atoms with van der Waals surface area (Å²) >= 11 is 0. The first-order valence-electron chi connectivity index (χ1n) is 7.47. The van der Waals surface area contributed by atoms with Crippen LogP contribution in [-0.2, 0) is 17.8 Å². The van der Waals surface area contributed by atoms with Gasteiger partial charge in [0.15, 0.2) is 0 Å². The van der Waals surface area contributed by atoms with Crippen LogP contribution in [0.5, 0.6) is 0 Å². The van der Waals surface area contributed by atoms with E-state index in [-0.39, 0.29) is 17.4 Å². The molecule has 0 saturated carbocycles. The fraction of sp³-hybridized carbons (Fsp3) is 0.375. The molecule has 0 aliphatic carbocycles. The number of pyridine rings is 1. The van der Waals surface area contributed by atoms with Crippen LogP contribution in [0.3, 0.4) is 0 Å². The third kappa shape index (κ3) is 4.64. The lowest BCUT2D eigenvalue weighted by Gasteiger charge is -2.21. The van der Waals surface area contributed by atoms with Crippen molar-refractivity contribution in [3.05, 3.63) is 51.7 Å². The van der Waals surface area contributed by atoms with Crippen molar-refractivity contribution in [2.45, 2.75) is 33.2 Å². The van der Waals surface area contributed by atoms with Gasteiger partial charge < -0.3 is 10.6 Å². The number of nitrogens with one attached hydrogen (secondary N) is 1. The highest BCUT2D eigenvalue weighted by molar-refractivity contribution is 5.73. The summed E-state index contributed by atoms with van der Waals surface area (Å²) in [5.74, 6) is 0.119. The van der Waals surface area contributed by atoms with E-state index in [4.69, 9.17) is 5.73 Å². The van der Waals surface area contributed by atoms with Gasteiger partial charge in [-0.05, 0) is 31.4 Å². The highest BCUT2D eigenvalue weighted by Gasteiger charge is 2.11. The maximum atomic E-state index is 11.9. The molecule has 0 atom stereocenters. The Morgan fingerprint density at radius 2 is 2.22 bits per heavy atom. The lowest BCUT2D eigenvalue weighted by Crippen LogP contribution is -2.30. The van der Waals surface area contributed by atoms with Crippen molar-refractivity contribution in [2.75, 3.05) is 12.3 Å². The van der Waals surface area contributed by atoms with Gasteiger partial charge in [-0.25, -0.2) is 4.98 Å². The largest absolute Gasteiger partial charge is 0.369 e. The van der Waals surface area contributed by atoms with Crippen molar-refractivity contribution in [1.29, 1.82) is 0 Å². The Morgan fingerprint density at radius 3 is 2.83 bits per heavy atom. The number of amides is 1. The number of H-pyrrole nitrogens is 1. The molecule has 2 heterocycles. The summed E-state index contributed by atoms with van der Waals surface area (Å²) in [6, 6.07) is 3.78. The normalized spacial score (nSPS) is 10.5. The molecule has 3 N–H and O–H groups in total. The summed E-state index contributed by atoms with van der Waals surface area (Å²) in [6.45, 7) is 4.38. The van der Waals surface area contributed by atoms with Crippen molar-refractivity contribution < 1.29 is 4.79 Å². The SMILES string of the molecule is CC(=O)N(CCCc1c(C)nc(N)[nH]c1=O)Cc1cccnc1. The first-order valence-corrected chi connectivity index (χ1v) is 7.47. The van der Waals surface area contributed by atoms with Gasteiger partial charge >= 0.3 is 0 Å². The standard InChI is InChI=1S/C16H21N5O2/c1-11-14(15(23)20-16(17)19-11)6-4-8-21(12(2)22)10-13-5-3-7-18-9-13/h3,5,7,9H,4,6,8,10H2,1-2H3,(H3,17,19,20,23). The lowest BCUT2D eigenvalue weighted by molar-refractivity contribution is -0.129. The number of carbonyl (C=O) groups is 1. The summed E-state index contributed by atoms with van der Waals surface area (Å²) in [6.07, 6.45) is 4.67. The van der Waals surface area contributed by atoms with Gasteiger partial charge in [-0.1, -0.05) is 6.07 Å². The summed E-state index contributed by atoms with van der Waals surface area (Å²) in [7, 11) is 0. The molecule has 2 aromatic heterocycles. The second-order valence-corrected chi connectivity index (χ2v) is 5.42. The molecule has 122 valence electrons. The zero-order chi connectivity index (χ0) is 16.8. The van der Waals surface area contributed by atoms with E-state index in [2.05, 4.69) is 15.0 Å². The van der Waals surface area contributed by atoms with Gasteiger partial charge in [0.2, 0.25) is 11.9 Å². The minimum Gasteiger partial charge on any atom is -0.369 e. The van der Waals surface area contributed by atoms with Crippen LogP contribution >= 0.6 is 0 Å². The van der Waals surface area contributed by atoms with Crippen LogP contribution in [0.4, 0.5) is 5.95 Å². The fourth-order valence-corrected chi connectivity index (χ4v) is 2.43. The highest BCUT2D eigenvalue weighted by Crippen LogP contribution is 2.08. The van der Waals surface area contributed by atoms with E-state index in [9.17, 15) is 9.59 Å². The second kappa shape index (κ2) is 7.53. The van der Waals surface area contributed by atoms with Crippen LogP contribution in [0.1, 0.15) is 30.2 Å². The maximum Gasteiger partial charge on any atom is 0.255 e. The van der Waals surface area contributed by atoms with E-state index in [1.54, 1.807) is 31.1 Å². The van der Waals surface area contributed by atoms with Gasteiger partial charge in [0.1, 0.15) is 0 Å². The Kier molecular flexibility index (Phi) is 5.46. The number of rotatable bonds is 6. The third-order valence-corrected chi connectivity index (χ3v) is 3.64. The number of hydrogen-bond acceptors (Lipinski definition) is 5. The van der Waals surface area contributed by atoms with Crippen molar-refractivity contribution in [3.63, 3.8) is 0 Å². The Hall–Kier alpha value is -2.70. The van der Waals surface area contributed by atoms with Gasteiger partial charge in [0.05, 0.1) is 0 Å². The predicted molar refractivity (Wildman–Crippen MR) is 87.7 cm³/mol. The molecule has 0 aromatic carbocycles. The molecule has 0 spiro atoms. The van der Waals surface area contributed by atoms with Crippen LogP contribution in [0.25, 0.3) is 0 Å². The molecule has 0 aliphatic rings. The van der Waals surface area contributed by atoms with E-state index in [0.717, 1.165) is 5.56 Å². The van der Waals surface area contributed by atoms with Crippen molar-refractivity contribution in [1.82, 2.24) is 19.9 Å². The van der Waals surface area contributed by atoms with Gasteiger partial charge in [0.25, 0.3) is 5.56 Å². The van der Waals surface area contributed by atoms with Crippen LogP contribution < -0.4 is 11.3 Å². The molecular formula is C16H21N5O2. The monoisotopic (exact) mass is 315 g/mol. The fourth-order valence-electron chi connectivity index (χ4n) is 2.43. The van der Waals surface area contributed by atoms with Crippen LogP contribution in [0, 0.1) is 6.92 Å². The molecule has 7 nitrogen and oxygen atoms in total. The van der Waals surface area contributed by atoms with Crippen LogP contribution in [0.15, 0.2) is 29.3 Å². The van der Waals surface area contributed by atoms with Gasteiger partial charge in [-0.3, -0.25) is 19.6 Å². The van der Waals surface area contributed by atoms with E-state index >= 15 is 0 Å². The number of carbonyl (C=O) groups excluding carboxylic acids is 1. The second-order valence-electron chi connectivity index (χ2n) is 5.42. The Morgan fingerprint density at radius 1 is 1.43 bits per heavy atom. The molecule has 0 radical (unpaired) electrons. The summed E-state index contributed by atoms with van der Waals surface area (Å²) in [4.78, 5) is 36.0. The molecule has 2 aromatic rings. The molecule has 0 aliphatic heterocycles. The van der Waals surface area contributed by atoms with Crippen LogP contribution in [0.2, 0.25) is 0 Å². The predicted octanol–water partition coefficient (Wildman–Crippen LogP) is 1.04. The third-order valence-electron chi connectivity index (χ3n) is 3.64. The van der Waals surface area contributed by atoms with Crippen molar-refractivity contribution >= 4 is 11.9 Å². The summed E-state index contributed by atoms with van der Waals surface area (Å²) < 4.78 is 0. The molecule has 0 bridgehead atoms. The number of aromatic amines is 1. The zero-order valence-corrected chi connectivity index (χ0v) is 13.4. The minimum absolute atomic E-state index is 0.00471. The lowest BCUT2D eigenvalue weighted by atomic mass is 10.1.